The summed E-state index contributed by atoms with van der Waals surface area (Å²) in [5.74, 6) is 1.09. The fourth-order valence-electron chi connectivity index (χ4n) is 3.05. The molecule has 2 aromatic heterocycles. The Labute approximate surface area is 187 Å². The van der Waals surface area contributed by atoms with Gasteiger partial charge >= 0.3 is 5.97 Å². The highest BCUT2D eigenvalue weighted by atomic mass is 79.9. The maximum atomic E-state index is 12.0. The number of hydrogen-bond donors (Lipinski definition) is 1. The number of carbonyl (C=O) groups excluding carboxylic acids is 2. The first-order valence-corrected chi connectivity index (χ1v) is 10.4. The molecule has 1 N–H and O–H groups in total. The average molecular weight is 488 g/mol. The summed E-state index contributed by atoms with van der Waals surface area (Å²) in [5, 5.41) is 10.7. The predicted octanol–water partition coefficient (Wildman–Crippen LogP) is 3.88. The van der Waals surface area contributed by atoms with Gasteiger partial charge in [-0.25, -0.2) is 9.78 Å². The molecule has 0 fully saturated rings. The van der Waals surface area contributed by atoms with Crippen LogP contribution in [0.2, 0.25) is 0 Å². The van der Waals surface area contributed by atoms with Gasteiger partial charge in [-0.1, -0.05) is 22.0 Å². The van der Waals surface area contributed by atoms with Gasteiger partial charge in [0.1, 0.15) is 29.2 Å². The van der Waals surface area contributed by atoms with Gasteiger partial charge < -0.3 is 19.4 Å². The Morgan fingerprint density at radius 3 is 2.94 bits per heavy atom. The van der Waals surface area contributed by atoms with Gasteiger partial charge in [0.25, 0.3) is 0 Å². The van der Waals surface area contributed by atoms with Gasteiger partial charge in [0.05, 0.1) is 13.7 Å². The molecule has 0 aliphatic carbocycles. The van der Waals surface area contributed by atoms with Crippen LogP contribution in [-0.4, -0.2) is 45.8 Å². The number of pyridine rings is 1. The third-order valence-corrected chi connectivity index (χ3v) is 5.10. The van der Waals surface area contributed by atoms with Crippen molar-refractivity contribution in [2.24, 2.45) is 0 Å². The number of aromatic nitrogens is 4. The number of carbonyl (C=O) groups is 2. The van der Waals surface area contributed by atoms with Crippen LogP contribution in [0.15, 0.2) is 47.2 Å². The molecular weight excluding hydrogens is 466 g/mol. The van der Waals surface area contributed by atoms with E-state index in [0.29, 0.717) is 41.7 Å². The number of esters is 1. The molecule has 0 spiro atoms. The van der Waals surface area contributed by atoms with Gasteiger partial charge in [-0.05, 0) is 50.1 Å². The molecule has 1 atom stereocenters. The Balaban J connectivity index is 1.61. The van der Waals surface area contributed by atoms with Crippen molar-refractivity contribution in [3.63, 3.8) is 0 Å². The van der Waals surface area contributed by atoms with Crippen LogP contribution < -0.4 is 10.1 Å². The van der Waals surface area contributed by atoms with Crippen molar-refractivity contribution >= 4 is 34.1 Å². The standard InChI is InChI=1S/C21H22BrN5O4/c1-14(5-4-10-31-18-9-8-15(22)11-16(18)21(29)30-2)27-12-24-26-20(27)17-6-3-7-19(25-17)23-13-28/h3,6-9,11-14H,4-5,10H2,1-2H3,(H,23,25,28). The van der Waals surface area contributed by atoms with E-state index in [9.17, 15) is 9.59 Å². The van der Waals surface area contributed by atoms with Crippen LogP contribution in [0.3, 0.4) is 0 Å². The second-order valence-corrected chi connectivity index (χ2v) is 7.62. The summed E-state index contributed by atoms with van der Waals surface area (Å²) in [7, 11) is 1.34. The van der Waals surface area contributed by atoms with Crippen molar-refractivity contribution < 1.29 is 19.1 Å². The molecule has 10 heteroatoms. The molecule has 0 radical (unpaired) electrons. The van der Waals surface area contributed by atoms with E-state index in [4.69, 9.17) is 9.47 Å². The van der Waals surface area contributed by atoms with E-state index in [1.54, 1.807) is 30.6 Å². The van der Waals surface area contributed by atoms with Gasteiger partial charge in [-0.3, -0.25) is 4.79 Å². The van der Waals surface area contributed by atoms with Crippen molar-refractivity contribution in [1.29, 1.82) is 0 Å². The first-order valence-electron chi connectivity index (χ1n) is 9.61. The van der Waals surface area contributed by atoms with Crippen LogP contribution in [0.5, 0.6) is 5.75 Å². The summed E-state index contributed by atoms with van der Waals surface area (Å²) in [6.45, 7) is 2.49. The highest BCUT2D eigenvalue weighted by Gasteiger charge is 2.16. The van der Waals surface area contributed by atoms with Gasteiger partial charge in [-0.15, -0.1) is 10.2 Å². The summed E-state index contributed by atoms with van der Waals surface area (Å²) in [5.41, 5.74) is 0.992. The minimum Gasteiger partial charge on any atom is -0.493 e. The predicted molar refractivity (Wildman–Crippen MR) is 118 cm³/mol. The van der Waals surface area contributed by atoms with Crippen LogP contribution in [0, 0.1) is 0 Å². The van der Waals surface area contributed by atoms with Crippen LogP contribution in [-0.2, 0) is 9.53 Å². The number of ether oxygens (including phenoxy) is 2. The van der Waals surface area contributed by atoms with Crippen LogP contribution in [0.4, 0.5) is 5.82 Å². The quantitative estimate of drug-likeness (QED) is 0.262. The fourth-order valence-corrected chi connectivity index (χ4v) is 3.41. The van der Waals surface area contributed by atoms with Gasteiger partial charge in [0, 0.05) is 10.5 Å². The largest absolute Gasteiger partial charge is 0.493 e. The zero-order valence-electron chi connectivity index (χ0n) is 17.1. The van der Waals surface area contributed by atoms with E-state index in [2.05, 4.69) is 43.4 Å². The Morgan fingerprint density at radius 1 is 1.32 bits per heavy atom. The first kappa shape index (κ1) is 22.4. The zero-order valence-corrected chi connectivity index (χ0v) is 18.7. The molecule has 1 amide bonds. The molecule has 9 nitrogen and oxygen atoms in total. The molecule has 162 valence electrons. The minimum absolute atomic E-state index is 0.0862. The monoisotopic (exact) mass is 487 g/mol. The number of nitrogens with zero attached hydrogens (tertiary/aromatic N) is 4. The van der Waals surface area contributed by atoms with E-state index in [-0.39, 0.29) is 6.04 Å². The second kappa shape index (κ2) is 10.7. The Bertz CT molecular complexity index is 1060. The van der Waals surface area contributed by atoms with Crippen molar-refractivity contribution in [3.8, 4) is 17.3 Å². The van der Waals surface area contributed by atoms with E-state index >= 15 is 0 Å². The zero-order chi connectivity index (χ0) is 22.2. The summed E-state index contributed by atoms with van der Waals surface area (Å²) < 4.78 is 13.4. The summed E-state index contributed by atoms with van der Waals surface area (Å²) >= 11 is 3.35. The van der Waals surface area contributed by atoms with Crippen molar-refractivity contribution in [1.82, 2.24) is 19.7 Å². The Hall–Kier alpha value is -3.27. The lowest BCUT2D eigenvalue weighted by Crippen LogP contribution is -2.10. The molecule has 1 unspecified atom stereocenters. The third-order valence-electron chi connectivity index (χ3n) is 4.60. The Morgan fingerprint density at radius 2 is 2.16 bits per heavy atom. The average Bonchev–Trinajstić information content (AvgIpc) is 3.27. The molecule has 0 saturated heterocycles. The van der Waals surface area contributed by atoms with Crippen LogP contribution in [0.25, 0.3) is 11.5 Å². The normalized spacial score (nSPS) is 11.6. The topological polar surface area (TPSA) is 108 Å². The number of amides is 1. The molecule has 0 aliphatic heterocycles. The molecule has 0 saturated carbocycles. The molecule has 1 aromatic carbocycles. The first-order chi connectivity index (χ1) is 15.0. The van der Waals surface area contributed by atoms with Crippen molar-refractivity contribution in [2.45, 2.75) is 25.8 Å². The fraction of sp³-hybridized carbons (Fsp3) is 0.286. The summed E-state index contributed by atoms with van der Waals surface area (Å²) in [6, 6.07) is 10.6. The van der Waals surface area contributed by atoms with Gasteiger partial charge in [0.15, 0.2) is 5.82 Å². The van der Waals surface area contributed by atoms with E-state index in [0.717, 1.165) is 17.3 Å². The van der Waals surface area contributed by atoms with E-state index in [1.807, 2.05) is 16.7 Å². The number of benzene rings is 1. The number of anilines is 1. The number of methoxy groups -OCH3 is 1. The SMILES string of the molecule is COC(=O)c1cc(Br)ccc1OCCCC(C)n1cnnc1-c1cccc(NC=O)n1. The number of halogens is 1. The van der Waals surface area contributed by atoms with Crippen molar-refractivity contribution in [3.05, 3.63) is 52.8 Å². The number of rotatable bonds is 10. The summed E-state index contributed by atoms with van der Waals surface area (Å²) in [4.78, 5) is 27.0. The molecule has 3 aromatic rings. The van der Waals surface area contributed by atoms with Gasteiger partial charge in [0.2, 0.25) is 6.41 Å². The minimum atomic E-state index is -0.447. The van der Waals surface area contributed by atoms with Crippen LogP contribution >= 0.6 is 15.9 Å². The maximum Gasteiger partial charge on any atom is 0.341 e. The maximum absolute atomic E-state index is 12.0. The van der Waals surface area contributed by atoms with E-state index < -0.39 is 5.97 Å². The highest BCUT2D eigenvalue weighted by molar-refractivity contribution is 9.10. The molecule has 2 heterocycles. The molecule has 3 rings (SSSR count). The van der Waals surface area contributed by atoms with Crippen molar-refractivity contribution in [2.75, 3.05) is 19.0 Å². The Kier molecular flexibility index (Phi) is 7.71. The molecule has 31 heavy (non-hydrogen) atoms. The lowest BCUT2D eigenvalue weighted by molar-refractivity contribution is -0.105. The number of nitrogens with one attached hydrogen (secondary N) is 1. The third kappa shape index (κ3) is 5.66. The number of hydrogen-bond acceptors (Lipinski definition) is 7. The highest BCUT2D eigenvalue weighted by Crippen LogP contribution is 2.25. The smallest absolute Gasteiger partial charge is 0.341 e. The van der Waals surface area contributed by atoms with E-state index in [1.165, 1.54) is 7.11 Å². The molecule has 0 aliphatic rings. The summed E-state index contributed by atoms with van der Waals surface area (Å²) in [6.07, 6.45) is 3.78. The van der Waals surface area contributed by atoms with Gasteiger partial charge in [-0.2, -0.15) is 0 Å². The lowest BCUT2D eigenvalue weighted by atomic mass is 10.1. The lowest BCUT2D eigenvalue weighted by Gasteiger charge is -2.16. The molecular formula is C21H22BrN5O4. The van der Waals surface area contributed by atoms with Crippen LogP contribution in [0.1, 0.15) is 36.2 Å². The molecule has 0 bridgehead atoms. The second-order valence-electron chi connectivity index (χ2n) is 6.70.